The minimum absolute atomic E-state index is 0.00597. The van der Waals surface area contributed by atoms with Crippen molar-refractivity contribution in [3.63, 3.8) is 0 Å². The van der Waals surface area contributed by atoms with Crippen LogP contribution in [0, 0.1) is 10.1 Å². The lowest BCUT2D eigenvalue weighted by Gasteiger charge is -2.20. The number of hydrogen-bond donors (Lipinski definition) is 1. The highest BCUT2D eigenvalue weighted by Crippen LogP contribution is 2.33. The summed E-state index contributed by atoms with van der Waals surface area (Å²) < 4.78 is 16.7. The van der Waals surface area contributed by atoms with Crippen molar-refractivity contribution >= 4 is 11.7 Å². The Balaban J connectivity index is 2.00. The molecule has 0 aliphatic carbocycles. The maximum atomic E-state index is 11.7. The molecule has 10 nitrogen and oxygen atoms in total. The number of aliphatic hydroxyl groups excluding tert-OH is 1. The molecule has 10 heteroatoms. The third-order valence-corrected chi connectivity index (χ3v) is 3.70. The molecule has 0 atom stereocenters. The SMILES string of the molecule is COC(=O)c1nn(Cc2cc([N+](=O)[O-])cc3c2OCOC3)cc1CO. The Morgan fingerprint density at radius 3 is 2.96 bits per heavy atom. The summed E-state index contributed by atoms with van der Waals surface area (Å²) in [5.74, 6) is -0.175. The van der Waals surface area contributed by atoms with Gasteiger partial charge in [0.15, 0.2) is 12.5 Å². The van der Waals surface area contributed by atoms with Crippen LogP contribution in [0.1, 0.15) is 27.2 Å². The minimum atomic E-state index is -0.673. The Morgan fingerprint density at radius 1 is 1.48 bits per heavy atom. The van der Waals surface area contributed by atoms with Crippen LogP contribution in [0.2, 0.25) is 0 Å². The fourth-order valence-corrected chi connectivity index (χ4v) is 2.61. The van der Waals surface area contributed by atoms with E-state index in [0.29, 0.717) is 22.4 Å². The molecule has 25 heavy (non-hydrogen) atoms. The summed E-state index contributed by atoms with van der Waals surface area (Å²) in [5, 5.41) is 24.6. The van der Waals surface area contributed by atoms with Crippen molar-refractivity contribution in [3.8, 4) is 5.75 Å². The topological polar surface area (TPSA) is 126 Å². The van der Waals surface area contributed by atoms with Gasteiger partial charge in [-0.2, -0.15) is 5.10 Å². The molecule has 0 spiro atoms. The van der Waals surface area contributed by atoms with Crippen LogP contribution < -0.4 is 4.74 Å². The maximum absolute atomic E-state index is 11.7. The average Bonchev–Trinajstić information content (AvgIpc) is 3.03. The first-order valence-corrected chi connectivity index (χ1v) is 7.29. The van der Waals surface area contributed by atoms with E-state index in [0.717, 1.165) is 0 Å². The molecule has 1 aromatic carbocycles. The highest BCUT2D eigenvalue weighted by Gasteiger charge is 2.23. The summed E-state index contributed by atoms with van der Waals surface area (Å²) in [6, 6.07) is 2.79. The number of rotatable bonds is 5. The van der Waals surface area contributed by atoms with Gasteiger partial charge >= 0.3 is 5.97 Å². The van der Waals surface area contributed by atoms with Crippen molar-refractivity contribution in [1.29, 1.82) is 0 Å². The third-order valence-electron chi connectivity index (χ3n) is 3.70. The van der Waals surface area contributed by atoms with Crippen molar-refractivity contribution in [3.05, 3.63) is 50.8 Å². The smallest absolute Gasteiger partial charge is 0.358 e. The van der Waals surface area contributed by atoms with Crippen LogP contribution in [0.15, 0.2) is 18.3 Å². The molecule has 1 aliphatic heterocycles. The van der Waals surface area contributed by atoms with Crippen LogP contribution in [0.4, 0.5) is 5.69 Å². The molecule has 2 aromatic rings. The van der Waals surface area contributed by atoms with Crippen molar-refractivity contribution in [2.45, 2.75) is 19.8 Å². The highest BCUT2D eigenvalue weighted by atomic mass is 16.7. The molecule has 1 aliphatic rings. The van der Waals surface area contributed by atoms with E-state index in [1.54, 1.807) is 0 Å². The van der Waals surface area contributed by atoms with E-state index in [1.807, 2.05) is 0 Å². The number of nitro benzene ring substituents is 1. The number of esters is 1. The highest BCUT2D eigenvalue weighted by molar-refractivity contribution is 5.88. The summed E-state index contributed by atoms with van der Waals surface area (Å²) in [6.07, 6.45) is 1.48. The van der Waals surface area contributed by atoms with E-state index < -0.39 is 10.9 Å². The molecule has 0 amide bonds. The normalized spacial score (nSPS) is 13.0. The average molecular weight is 349 g/mol. The largest absolute Gasteiger partial charge is 0.467 e. The fourth-order valence-electron chi connectivity index (χ4n) is 2.61. The van der Waals surface area contributed by atoms with Gasteiger partial charge in [0.25, 0.3) is 5.69 Å². The molecule has 2 heterocycles. The maximum Gasteiger partial charge on any atom is 0.358 e. The molecule has 132 valence electrons. The van der Waals surface area contributed by atoms with Gasteiger partial charge in [-0.15, -0.1) is 0 Å². The van der Waals surface area contributed by atoms with Crippen LogP contribution in [0.5, 0.6) is 5.75 Å². The zero-order valence-electron chi connectivity index (χ0n) is 13.3. The number of aromatic nitrogens is 2. The molecule has 0 fully saturated rings. The van der Waals surface area contributed by atoms with E-state index in [1.165, 1.54) is 30.1 Å². The predicted molar refractivity (Wildman–Crippen MR) is 82.0 cm³/mol. The number of carbonyl (C=O) groups is 1. The van der Waals surface area contributed by atoms with Gasteiger partial charge in [-0.05, 0) is 0 Å². The number of methoxy groups -OCH3 is 1. The minimum Gasteiger partial charge on any atom is -0.467 e. The second-order valence-corrected chi connectivity index (χ2v) is 5.31. The third kappa shape index (κ3) is 3.30. The van der Waals surface area contributed by atoms with E-state index in [4.69, 9.17) is 9.47 Å². The molecular weight excluding hydrogens is 334 g/mol. The molecule has 0 unspecified atom stereocenters. The van der Waals surface area contributed by atoms with E-state index in [2.05, 4.69) is 9.84 Å². The number of ether oxygens (including phenoxy) is 3. The molecule has 1 N–H and O–H groups in total. The number of fused-ring (bicyclic) bond motifs is 1. The van der Waals surface area contributed by atoms with E-state index in [9.17, 15) is 20.0 Å². The molecular formula is C15H15N3O7. The zero-order chi connectivity index (χ0) is 18.0. The first kappa shape index (κ1) is 16.9. The van der Waals surface area contributed by atoms with Crippen molar-refractivity contribution < 1.29 is 29.0 Å². The number of nitrogens with zero attached hydrogens (tertiary/aromatic N) is 3. The Morgan fingerprint density at radius 2 is 2.28 bits per heavy atom. The zero-order valence-corrected chi connectivity index (χ0v) is 13.3. The summed E-state index contributed by atoms with van der Waals surface area (Å²) >= 11 is 0. The van der Waals surface area contributed by atoms with Crippen molar-refractivity contribution in [1.82, 2.24) is 9.78 Å². The van der Waals surface area contributed by atoms with Crippen LogP contribution in [-0.4, -0.2) is 39.7 Å². The van der Waals surface area contributed by atoms with E-state index in [-0.39, 0.29) is 37.9 Å². The van der Waals surface area contributed by atoms with Crippen LogP contribution >= 0.6 is 0 Å². The number of hydrogen-bond acceptors (Lipinski definition) is 8. The van der Waals surface area contributed by atoms with Gasteiger partial charge in [0.2, 0.25) is 0 Å². The number of benzene rings is 1. The monoisotopic (exact) mass is 349 g/mol. The molecule has 0 radical (unpaired) electrons. The van der Waals surface area contributed by atoms with Gasteiger partial charge < -0.3 is 19.3 Å². The van der Waals surface area contributed by atoms with E-state index >= 15 is 0 Å². The first-order valence-electron chi connectivity index (χ1n) is 7.29. The van der Waals surface area contributed by atoms with Crippen LogP contribution in [-0.2, 0) is 29.2 Å². The standard InChI is InChI=1S/C15H15N3O7/c1-23-15(20)13-11(6-19)5-17(16-13)4-9-2-12(18(21)22)3-10-7-24-8-25-14(9)10/h2-3,5,19H,4,6-8H2,1H3. The van der Waals surface area contributed by atoms with Crippen molar-refractivity contribution in [2.75, 3.05) is 13.9 Å². The van der Waals surface area contributed by atoms with Gasteiger partial charge in [-0.1, -0.05) is 0 Å². The number of non-ortho nitro benzene ring substituents is 1. The molecule has 0 saturated heterocycles. The Bertz CT molecular complexity index is 831. The molecule has 1 aromatic heterocycles. The second kappa shape index (κ2) is 6.87. The summed E-state index contributed by atoms with van der Waals surface area (Å²) in [4.78, 5) is 22.3. The molecule has 0 bridgehead atoms. The fraction of sp³-hybridized carbons (Fsp3) is 0.333. The second-order valence-electron chi connectivity index (χ2n) is 5.31. The summed E-state index contributed by atoms with van der Waals surface area (Å²) in [6.45, 7) is -0.0134. The van der Waals surface area contributed by atoms with Gasteiger partial charge in [-0.25, -0.2) is 4.79 Å². The number of nitro groups is 1. The quantitative estimate of drug-likeness (QED) is 0.481. The number of aliphatic hydroxyl groups is 1. The Hall–Kier alpha value is -2.98. The Labute approximate surface area is 141 Å². The van der Waals surface area contributed by atoms with Gasteiger partial charge in [0.05, 0.1) is 31.8 Å². The lowest BCUT2D eigenvalue weighted by molar-refractivity contribution is -0.385. The summed E-state index contributed by atoms with van der Waals surface area (Å²) in [5.41, 5.74) is 1.30. The van der Waals surface area contributed by atoms with Crippen molar-refractivity contribution in [2.24, 2.45) is 0 Å². The lowest BCUT2D eigenvalue weighted by atomic mass is 10.1. The summed E-state index contributed by atoms with van der Waals surface area (Å²) in [7, 11) is 1.22. The van der Waals surface area contributed by atoms with Gasteiger partial charge in [0, 0.05) is 35.0 Å². The van der Waals surface area contributed by atoms with Gasteiger partial charge in [-0.3, -0.25) is 14.8 Å². The lowest BCUT2D eigenvalue weighted by Crippen LogP contribution is -2.15. The van der Waals surface area contributed by atoms with Crippen LogP contribution in [0.3, 0.4) is 0 Å². The Kier molecular flexibility index (Phi) is 4.63. The van der Waals surface area contributed by atoms with Gasteiger partial charge in [0.1, 0.15) is 5.75 Å². The molecule has 3 rings (SSSR count). The number of carbonyl (C=O) groups excluding carboxylic acids is 1. The predicted octanol–water partition coefficient (Wildman–Crippen LogP) is 0.985. The molecule has 0 saturated carbocycles. The van der Waals surface area contributed by atoms with Crippen LogP contribution in [0.25, 0.3) is 0 Å². The first-order chi connectivity index (χ1) is 12.0.